The summed E-state index contributed by atoms with van der Waals surface area (Å²) < 4.78 is 0. The van der Waals surface area contributed by atoms with Crippen LogP contribution in [0, 0.1) is 5.92 Å². The molecular formula is C18H22ClNO4S. The molecule has 5 nitrogen and oxygen atoms in total. The molecule has 2 N–H and O–H groups in total. The molecule has 2 atom stereocenters. The molecule has 2 unspecified atom stereocenters. The van der Waals surface area contributed by atoms with Crippen LogP contribution in [-0.2, 0) is 9.59 Å². The van der Waals surface area contributed by atoms with E-state index in [-0.39, 0.29) is 6.42 Å². The molecule has 0 radical (unpaired) electrons. The molecule has 136 valence electrons. The number of aliphatic carboxylic acids is 2. The van der Waals surface area contributed by atoms with Crippen molar-refractivity contribution in [3.05, 3.63) is 46.0 Å². The summed E-state index contributed by atoms with van der Waals surface area (Å²) >= 11 is 10.6. The first-order valence-electron chi connectivity index (χ1n) is 8.09. The molecule has 0 amide bonds. The van der Waals surface area contributed by atoms with Gasteiger partial charge in [0.2, 0.25) is 0 Å². The Morgan fingerprint density at radius 1 is 1.32 bits per heavy atom. The molecule has 1 aromatic rings. The van der Waals surface area contributed by atoms with E-state index in [1.807, 2.05) is 17.0 Å². The second-order valence-corrected chi connectivity index (χ2v) is 6.93. The lowest BCUT2D eigenvalue weighted by Gasteiger charge is -2.37. The van der Waals surface area contributed by atoms with Crippen LogP contribution in [-0.4, -0.2) is 45.9 Å². The molecular weight excluding hydrogens is 362 g/mol. The van der Waals surface area contributed by atoms with Crippen LogP contribution in [0.5, 0.6) is 0 Å². The van der Waals surface area contributed by atoms with Crippen molar-refractivity contribution in [2.45, 2.75) is 25.8 Å². The van der Waals surface area contributed by atoms with Crippen LogP contribution in [0.15, 0.2) is 35.4 Å². The summed E-state index contributed by atoms with van der Waals surface area (Å²) in [5.74, 6) is -1.91. The molecule has 0 fully saturated rings. The maximum atomic E-state index is 11.4. The molecule has 0 spiro atoms. The summed E-state index contributed by atoms with van der Waals surface area (Å²) in [5.41, 5.74) is 2.60. The van der Waals surface area contributed by atoms with E-state index in [1.165, 1.54) is 0 Å². The average molecular weight is 384 g/mol. The van der Waals surface area contributed by atoms with Gasteiger partial charge in [-0.05, 0) is 30.5 Å². The number of carboxylic acids is 2. The highest BCUT2D eigenvalue weighted by Crippen LogP contribution is 2.35. The average Bonchev–Trinajstić information content (AvgIpc) is 2.59. The number of carbonyl (C=O) groups is 2. The monoisotopic (exact) mass is 383 g/mol. The molecule has 1 aromatic carbocycles. The summed E-state index contributed by atoms with van der Waals surface area (Å²) in [6.07, 6.45) is 0.589. The number of hydrogen-bond donors (Lipinski definition) is 3. The van der Waals surface area contributed by atoms with E-state index in [9.17, 15) is 19.8 Å². The van der Waals surface area contributed by atoms with E-state index in [0.29, 0.717) is 30.3 Å². The van der Waals surface area contributed by atoms with E-state index in [1.54, 1.807) is 19.1 Å². The molecule has 0 bridgehead atoms. The van der Waals surface area contributed by atoms with Gasteiger partial charge in [-0.1, -0.05) is 35.4 Å². The first kappa shape index (κ1) is 19.8. The quantitative estimate of drug-likeness (QED) is 0.496. The summed E-state index contributed by atoms with van der Waals surface area (Å²) in [4.78, 5) is 24.8. The van der Waals surface area contributed by atoms with Crippen molar-refractivity contribution in [2.24, 2.45) is 5.92 Å². The van der Waals surface area contributed by atoms with Crippen molar-refractivity contribution in [3.63, 3.8) is 0 Å². The van der Waals surface area contributed by atoms with E-state index >= 15 is 0 Å². The molecule has 1 heterocycles. The number of hydrogen-bond acceptors (Lipinski definition) is 4. The fourth-order valence-corrected chi connectivity index (χ4v) is 3.86. The predicted molar refractivity (Wildman–Crippen MR) is 100 cm³/mol. The van der Waals surface area contributed by atoms with Crippen LogP contribution in [0.25, 0.3) is 0 Å². The smallest absolute Gasteiger partial charge is 0.310 e. The Hall–Kier alpha value is -1.50. The largest absolute Gasteiger partial charge is 0.481 e. The van der Waals surface area contributed by atoms with Gasteiger partial charge in [-0.2, -0.15) is 12.6 Å². The molecule has 0 aliphatic carbocycles. The molecule has 2 rings (SSSR count). The molecule has 1 aliphatic heterocycles. The van der Waals surface area contributed by atoms with Crippen LogP contribution in [0.3, 0.4) is 0 Å². The van der Waals surface area contributed by atoms with Gasteiger partial charge in [0.15, 0.2) is 0 Å². The third-order valence-electron chi connectivity index (χ3n) is 4.69. The Balaban J connectivity index is 2.36. The van der Waals surface area contributed by atoms with Crippen molar-refractivity contribution >= 4 is 36.2 Å². The van der Waals surface area contributed by atoms with Crippen molar-refractivity contribution in [1.82, 2.24) is 4.90 Å². The molecule has 1 aliphatic rings. The van der Waals surface area contributed by atoms with Gasteiger partial charge in [-0.25, -0.2) is 0 Å². The van der Waals surface area contributed by atoms with Gasteiger partial charge >= 0.3 is 11.9 Å². The summed E-state index contributed by atoms with van der Waals surface area (Å²) in [7, 11) is 0. The fourth-order valence-electron chi connectivity index (χ4n) is 3.23. The van der Waals surface area contributed by atoms with Crippen LogP contribution in [0.4, 0.5) is 0 Å². The standard InChI is InChI=1S/C18H22ClNO4S/c1-11(18(23)24)14-9-20(7-6-12(14)10-25)16(8-17(21)22)13-4-2-3-5-15(13)19/h2-5,11,16,25H,6-10H2,1H3,(H,21,22)(H,23,24). The SMILES string of the molecule is CC(C(=O)O)C1=C(CS)CCN(C(CC(=O)O)c2ccccc2Cl)C1. The van der Waals surface area contributed by atoms with Gasteiger partial charge < -0.3 is 10.2 Å². The highest BCUT2D eigenvalue weighted by atomic mass is 35.5. The van der Waals surface area contributed by atoms with Gasteiger partial charge in [0, 0.05) is 29.9 Å². The Kier molecular flexibility index (Phi) is 6.93. The van der Waals surface area contributed by atoms with Gasteiger partial charge in [0.05, 0.1) is 12.3 Å². The second-order valence-electron chi connectivity index (χ2n) is 6.20. The second kappa shape index (κ2) is 8.74. The first-order chi connectivity index (χ1) is 11.8. The Bertz CT molecular complexity index is 691. The third kappa shape index (κ3) is 4.77. The van der Waals surface area contributed by atoms with E-state index in [2.05, 4.69) is 12.6 Å². The third-order valence-corrected chi connectivity index (χ3v) is 5.41. The lowest BCUT2D eigenvalue weighted by atomic mass is 9.89. The number of benzene rings is 1. The molecule has 0 aromatic heterocycles. The highest BCUT2D eigenvalue weighted by molar-refractivity contribution is 7.80. The van der Waals surface area contributed by atoms with Gasteiger partial charge in [-0.15, -0.1) is 0 Å². The van der Waals surface area contributed by atoms with Crippen molar-refractivity contribution < 1.29 is 19.8 Å². The topological polar surface area (TPSA) is 77.8 Å². The lowest BCUT2D eigenvalue weighted by Crippen LogP contribution is -2.39. The maximum absolute atomic E-state index is 11.4. The zero-order valence-corrected chi connectivity index (χ0v) is 15.6. The minimum absolute atomic E-state index is 0.0886. The summed E-state index contributed by atoms with van der Waals surface area (Å²) in [6.45, 7) is 2.72. The fraction of sp³-hybridized carbons (Fsp3) is 0.444. The number of rotatable bonds is 7. The van der Waals surface area contributed by atoms with Crippen LogP contribution >= 0.6 is 24.2 Å². The predicted octanol–water partition coefficient (Wildman–Crippen LogP) is 3.51. The number of halogens is 1. The maximum Gasteiger partial charge on any atom is 0.310 e. The Morgan fingerprint density at radius 3 is 2.56 bits per heavy atom. The van der Waals surface area contributed by atoms with Crippen molar-refractivity contribution in [3.8, 4) is 0 Å². The lowest BCUT2D eigenvalue weighted by molar-refractivity contribution is -0.141. The highest BCUT2D eigenvalue weighted by Gasteiger charge is 2.32. The summed E-state index contributed by atoms with van der Waals surface area (Å²) in [5, 5.41) is 19.2. The van der Waals surface area contributed by atoms with Crippen LogP contribution in [0.2, 0.25) is 5.02 Å². The summed E-state index contributed by atoms with van der Waals surface area (Å²) in [6, 6.07) is 6.80. The van der Waals surface area contributed by atoms with Crippen molar-refractivity contribution in [1.29, 1.82) is 0 Å². The molecule has 0 saturated carbocycles. The zero-order chi connectivity index (χ0) is 18.6. The van der Waals surface area contributed by atoms with E-state index in [0.717, 1.165) is 16.7 Å². The number of thiol groups is 1. The van der Waals surface area contributed by atoms with Crippen LogP contribution in [0.1, 0.15) is 31.4 Å². The molecule has 7 heteroatoms. The van der Waals surface area contributed by atoms with Crippen molar-refractivity contribution in [2.75, 3.05) is 18.8 Å². The zero-order valence-electron chi connectivity index (χ0n) is 14.0. The Labute approximate surface area is 157 Å². The van der Waals surface area contributed by atoms with E-state index in [4.69, 9.17) is 11.6 Å². The molecule has 25 heavy (non-hydrogen) atoms. The van der Waals surface area contributed by atoms with Gasteiger partial charge in [-0.3, -0.25) is 14.5 Å². The van der Waals surface area contributed by atoms with Crippen LogP contribution < -0.4 is 0 Å². The Morgan fingerprint density at radius 2 is 2.00 bits per heavy atom. The normalized spacial score (nSPS) is 18.0. The number of nitrogens with zero attached hydrogens (tertiary/aromatic N) is 1. The van der Waals surface area contributed by atoms with Gasteiger partial charge in [0.1, 0.15) is 0 Å². The van der Waals surface area contributed by atoms with E-state index < -0.39 is 23.9 Å². The first-order valence-corrected chi connectivity index (χ1v) is 9.10. The minimum Gasteiger partial charge on any atom is -0.481 e. The molecule has 0 saturated heterocycles. The van der Waals surface area contributed by atoms with Gasteiger partial charge in [0.25, 0.3) is 0 Å². The minimum atomic E-state index is -0.915. The number of carboxylic acid groups (broad SMARTS) is 2.